The molecule has 4 heteroatoms. The Morgan fingerprint density at radius 3 is 2.77 bits per heavy atom. The summed E-state index contributed by atoms with van der Waals surface area (Å²) in [6, 6.07) is 0. The van der Waals surface area contributed by atoms with Gasteiger partial charge in [0.05, 0.1) is 6.61 Å². The van der Waals surface area contributed by atoms with Crippen LogP contribution in [0.1, 0.15) is 26.2 Å². The largest absolute Gasteiger partial charge is 0.447 e. The van der Waals surface area contributed by atoms with E-state index < -0.39 is 6.09 Å². The Labute approximate surface area is 78.3 Å². The van der Waals surface area contributed by atoms with Gasteiger partial charge in [0.25, 0.3) is 0 Å². The van der Waals surface area contributed by atoms with E-state index in [1.807, 2.05) is 0 Å². The van der Waals surface area contributed by atoms with E-state index in [0.29, 0.717) is 6.54 Å². The van der Waals surface area contributed by atoms with Crippen LogP contribution in [-0.2, 0) is 4.74 Å². The summed E-state index contributed by atoms with van der Waals surface area (Å²) in [6.45, 7) is 2.79. The Balaban J connectivity index is 2.07. The van der Waals surface area contributed by atoms with E-state index in [9.17, 15) is 4.79 Å². The molecule has 0 atom stereocenters. The van der Waals surface area contributed by atoms with Crippen LogP contribution in [0.5, 0.6) is 0 Å². The predicted molar refractivity (Wildman–Crippen MR) is 48.4 cm³/mol. The van der Waals surface area contributed by atoms with Crippen molar-refractivity contribution in [3.8, 4) is 0 Å². The maximum absolute atomic E-state index is 10.9. The number of aliphatic hydroxyl groups is 1. The first-order valence-electron chi connectivity index (χ1n) is 4.68. The summed E-state index contributed by atoms with van der Waals surface area (Å²) in [7, 11) is 0. The molecule has 0 aromatic rings. The van der Waals surface area contributed by atoms with Gasteiger partial charge in [-0.3, -0.25) is 0 Å². The highest BCUT2D eigenvalue weighted by Gasteiger charge is 2.31. The van der Waals surface area contributed by atoms with E-state index in [0.717, 1.165) is 0 Å². The monoisotopic (exact) mass is 187 g/mol. The topological polar surface area (TPSA) is 58.6 Å². The number of hydrogen-bond acceptors (Lipinski definition) is 3. The highest BCUT2D eigenvalue weighted by atomic mass is 16.6. The third-order valence-electron chi connectivity index (χ3n) is 2.54. The highest BCUT2D eigenvalue weighted by molar-refractivity contribution is 5.67. The van der Waals surface area contributed by atoms with Crippen molar-refractivity contribution in [1.82, 2.24) is 5.32 Å². The lowest BCUT2D eigenvalue weighted by Crippen LogP contribution is -2.40. The standard InChI is InChI=1S/C9H17NO3/c1-9(3-2-4-9)7-10-8(12)13-6-5-11/h11H,2-7H2,1H3,(H,10,12). The average Bonchev–Trinajstić information content (AvgIpc) is 2.08. The number of amides is 1. The third kappa shape index (κ3) is 3.22. The zero-order chi connectivity index (χ0) is 9.73. The minimum atomic E-state index is -0.429. The fraction of sp³-hybridized carbons (Fsp3) is 0.889. The molecule has 1 amide bonds. The molecule has 1 aliphatic rings. The molecule has 1 fully saturated rings. The summed E-state index contributed by atoms with van der Waals surface area (Å²) in [4.78, 5) is 10.9. The second-order valence-electron chi connectivity index (χ2n) is 3.88. The van der Waals surface area contributed by atoms with Crippen molar-refractivity contribution in [2.24, 2.45) is 5.41 Å². The molecule has 0 aliphatic heterocycles. The SMILES string of the molecule is CC1(CNC(=O)OCCO)CCC1. The van der Waals surface area contributed by atoms with Crippen LogP contribution in [-0.4, -0.2) is 31.0 Å². The number of nitrogens with one attached hydrogen (secondary N) is 1. The van der Waals surface area contributed by atoms with E-state index >= 15 is 0 Å². The smallest absolute Gasteiger partial charge is 0.407 e. The summed E-state index contributed by atoms with van der Waals surface area (Å²) in [6.07, 6.45) is 3.17. The first kappa shape index (κ1) is 10.3. The summed E-state index contributed by atoms with van der Waals surface area (Å²) < 4.78 is 4.66. The number of carbonyl (C=O) groups is 1. The van der Waals surface area contributed by atoms with Crippen molar-refractivity contribution in [2.45, 2.75) is 26.2 Å². The molecule has 1 saturated carbocycles. The normalized spacial score (nSPS) is 18.9. The van der Waals surface area contributed by atoms with E-state index in [4.69, 9.17) is 5.11 Å². The molecule has 0 saturated heterocycles. The number of alkyl carbamates (subject to hydrolysis) is 1. The van der Waals surface area contributed by atoms with Crippen LogP contribution >= 0.6 is 0 Å². The van der Waals surface area contributed by atoms with Gasteiger partial charge < -0.3 is 15.2 Å². The summed E-state index contributed by atoms with van der Waals surface area (Å²) >= 11 is 0. The summed E-state index contributed by atoms with van der Waals surface area (Å²) in [5.41, 5.74) is 0.276. The van der Waals surface area contributed by atoms with Gasteiger partial charge in [0.2, 0.25) is 0 Å². The lowest BCUT2D eigenvalue weighted by Gasteiger charge is -2.38. The van der Waals surface area contributed by atoms with E-state index in [1.165, 1.54) is 19.3 Å². The van der Waals surface area contributed by atoms with E-state index in [-0.39, 0.29) is 18.6 Å². The van der Waals surface area contributed by atoms with Gasteiger partial charge in [-0.05, 0) is 18.3 Å². The zero-order valence-corrected chi connectivity index (χ0v) is 8.01. The molecule has 1 rings (SSSR count). The molecule has 4 nitrogen and oxygen atoms in total. The second kappa shape index (κ2) is 4.46. The Morgan fingerprint density at radius 2 is 2.31 bits per heavy atom. The zero-order valence-electron chi connectivity index (χ0n) is 8.01. The van der Waals surface area contributed by atoms with Crippen molar-refractivity contribution < 1.29 is 14.6 Å². The van der Waals surface area contributed by atoms with Gasteiger partial charge in [-0.15, -0.1) is 0 Å². The lowest BCUT2D eigenvalue weighted by molar-refractivity contribution is 0.105. The van der Waals surface area contributed by atoms with Crippen molar-refractivity contribution in [3.05, 3.63) is 0 Å². The third-order valence-corrected chi connectivity index (χ3v) is 2.54. The van der Waals surface area contributed by atoms with Gasteiger partial charge in [-0.1, -0.05) is 13.3 Å². The Morgan fingerprint density at radius 1 is 1.62 bits per heavy atom. The molecule has 1 aliphatic carbocycles. The van der Waals surface area contributed by atoms with Gasteiger partial charge in [-0.25, -0.2) is 4.79 Å². The Bertz CT molecular complexity index is 178. The Hall–Kier alpha value is -0.770. The van der Waals surface area contributed by atoms with Crippen molar-refractivity contribution in [3.63, 3.8) is 0 Å². The molecule has 76 valence electrons. The number of rotatable bonds is 4. The molecular formula is C9H17NO3. The molecule has 0 radical (unpaired) electrons. The van der Waals surface area contributed by atoms with Crippen molar-refractivity contribution in [1.29, 1.82) is 0 Å². The van der Waals surface area contributed by atoms with Gasteiger partial charge in [-0.2, -0.15) is 0 Å². The molecule has 0 spiro atoms. The summed E-state index contributed by atoms with van der Waals surface area (Å²) in [5.74, 6) is 0. The molecule has 0 aromatic carbocycles. The molecule has 0 bridgehead atoms. The number of ether oxygens (including phenoxy) is 1. The maximum atomic E-state index is 10.9. The van der Waals surface area contributed by atoms with Crippen LogP contribution in [0.15, 0.2) is 0 Å². The fourth-order valence-electron chi connectivity index (χ4n) is 1.43. The minimum absolute atomic E-state index is 0.0720. The van der Waals surface area contributed by atoms with Gasteiger partial charge in [0, 0.05) is 6.54 Å². The van der Waals surface area contributed by atoms with E-state index in [2.05, 4.69) is 17.0 Å². The second-order valence-corrected chi connectivity index (χ2v) is 3.88. The van der Waals surface area contributed by atoms with Crippen LogP contribution in [0.4, 0.5) is 4.79 Å². The van der Waals surface area contributed by atoms with Gasteiger partial charge >= 0.3 is 6.09 Å². The fourth-order valence-corrected chi connectivity index (χ4v) is 1.43. The molecule has 0 heterocycles. The first-order valence-corrected chi connectivity index (χ1v) is 4.68. The predicted octanol–water partition coefficient (Wildman–Crippen LogP) is 0.895. The average molecular weight is 187 g/mol. The van der Waals surface area contributed by atoms with Crippen LogP contribution in [0.2, 0.25) is 0 Å². The van der Waals surface area contributed by atoms with Gasteiger partial charge in [0.1, 0.15) is 6.61 Å². The number of aliphatic hydroxyl groups excluding tert-OH is 1. The lowest BCUT2D eigenvalue weighted by atomic mass is 9.70. The quantitative estimate of drug-likeness (QED) is 0.687. The molecular weight excluding hydrogens is 170 g/mol. The number of hydrogen-bond donors (Lipinski definition) is 2. The number of carbonyl (C=O) groups excluding carboxylic acids is 1. The van der Waals surface area contributed by atoms with Crippen LogP contribution in [0.3, 0.4) is 0 Å². The van der Waals surface area contributed by atoms with Crippen molar-refractivity contribution >= 4 is 6.09 Å². The molecule has 0 unspecified atom stereocenters. The highest BCUT2D eigenvalue weighted by Crippen LogP contribution is 2.39. The van der Waals surface area contributed by atoms with Crippen molar-refractivity contribution in [2.75, 3.05) is 19.8 Å². The Kier molecular flexibility index (Phi) is 3.54. The van der Waals surface area contributed by atoms with Crippen LogP contribution in [0, 0.1) is 5.41 Å². The first-order chi connectivity index (χ1) is 6.16. The van der Waals surface area contributed by atoms with Crippen LogP contribution in [0.25, 0.3) is 0 Å². The maximum Gasteiger partial charge on any atom is 0.407 e. The molecule has 2 N–H and O–H groups in total. The molecule has 0 aromatic heterocycles. The van der Waals surface area contributed by atoms with Crippen LogP contribution < -0.4 is 5.32 Å². The summed E-state index contributed by atoms with van der Waals surface area (Å²) in [5, 5.41) is 11.1. The molecule has 13 heavy (non-hydrogen) atoms. The van der Waals surface area contributed by atoms with E-state index in [1.54, 1.807) is 0 Å². The minimum Gasteiger partial charge on any atom is -0.447 e. The van der Waals surface area contributed by atoms with Gasteiger partial charge in [0.15, 0.2) is 0 Å².